The van der Waals surface area contributed by atoms with E-state index in [1.165, 1.54) is 12.1 Å². The third-order valence-corrected chi connectivity index (χ3v) is 1.74. The maximum Gasteiger partial charge on any atom is 0.411 e. The van der Waals surface area contributed by atoms with Gasteiger partial charge in [-0.05, 0) is 19.1 Å². The molecule has 0 unspecified atom stereocenters. The first-order valence-corrected chi connectivity index (χ1v) is 4.51. The summed E-state index contributed by atoms with van der Waals surface area (Å²) in [4.78, 5) is 21.8. The van der Waals surface area contributed by atoms with E-state index < -0.39 is 23.4 Å². The zero-order chi connectivity index (χ0) is 12.1. The van der Waals surface area contributed by atoms with Crippen molar-refractivity contribution in [2.75, 3.05) is 11.9 Å². The minimum absolute atomic E-state index is 0.133. The van der Waals surface area contributed by atoms with Gasteiger partial charge in [-0.25, -0.2) is 14.0 Å². The average Bonchev–Trinajstić information content (AvgIpc) is 2.17. The van der Waals surface area contributed by atoms with Gasteiger partial charge in [0.2, 0.25) is 0 Å². The summed E-state index contributed by atoms with van der Waals surface area (Å²) in [5.74, 6) is -2.37. The topological polar surface area (TPSA) is 75.6 Å². The highest BCUT2D eigenvalue weighted by atomic mass is 19.1. The number of hydrogen-bond donors (Lipinski definition) is 2. The number of hydrogen-bond acceptors (Lipinski definition) is 3. The Balaban J connectivity index is 3.00. The molecule has 0 fully saturated rings. The first kappa shape index (κ1) is 12.0. The molecular weight excluding hydrogens is 217 g/mol. The summed E-state index contributed by atoms with van der Waals surface area (Å²) in [6.07, 6.45) is -0.824. The molecule has 0 radical (unpaired) electrons. The van der Waals surface area contributed by atoms with Crippen molar-refractivity contribution in [1.82, 2.24) is 0 Å². The van der Waals surface area contributed by atoms with Gasteiger partial charge in [0.1, 0.15) is 11.4 Å². The van der Waals surface area contributed by atoms with Crippen molar-refractivity contribution >= 4 is 17.7 Å². The molecule has 1 aromatic rings. The molecule has 1 aromatic carbocycles. The van der Waals surface area contributed by atoms with Crippen LogP contribution in [0.3, 0.4) is 0 Å². The molecule has 1 rings (SSSR count). The lowest BCUT2D eigenvalue weighted by Gasteiger charge is -2.08. The SMILES string of the molecule is CCOC(=O)Nc1cccc(F)c1C(=O)O. The summed E-state index contributed by atoms with van der Waals surface area (Å²) in [7, 11) is 0. The highest BCUT2D eigenvalue weighted by Gasteiger charge is 2.17. The van der Waals surface area contributed by atoms with Gasteiger partial charge in [-0.2, -0.15) is 0 Å². The molecule has 2 N–H and O–H groups in total. The molecule has 16 heavy (non-hydrogen) atoms. The molecule has 0 saturated heterocycles. The zero-order valence-corrected chi connectivity index (χ0v) is 8.49. The Morgan fingerprint density at radius 3 is 2.75 bits per heavy atom. The van der Waals surface area contributed by atoms with E-state index in [4.69, 9.17) is 5.11 Å². The van der Waals surface area contributed by atoms with Gasteiger partial charge in [0, 0.05) is 0 Å². The van der Waals surface area contributed by atoms with Crippen molar-refractivity contribution in [2.45, 2.75) is 6.92 Å². The number of benzene rings is 1. The van der Waals surface area contributed by atoms with Crippen LogP contribution in [0.2, 0.25) is 0 Å². The second kappa shape index (κ2) is 5.11. The summed E-state index contributed by atoms with van der Waals surface area (Å²) in [5.41, 5.74) is -0.721. The van der Waals surface area contributed by atoms with Gasteiger partial charge in [0.15, 0.2) is 0 Å². The second-order valence-corrected chi connectivity index (χ2v) is 2.81. The summed E-state index contributed by atoms with van der Waals surface area (Å²) in [5, 5.41) is 10.9. The molecule has 86 valence electrons. The van der Waals surface area contributed by atoms with Gasteiger partial charge in [0.05, 0.1) is 12.3 Å². The molecule has 0 heterocycles. The first-order valence-electron chi connectivity index (χ1n) is 4.51. The largest absolute Gasteiger partial charge is 0.478 e. The number of ether oxygens (including phenoxy) is 1. The van der Waals surface area contributed by atoms with Gasteiger partial charge in [-0.3, -0.25) is 5.32 Å². The molecule has 1 amide bonds. The van der Waals surface area contributed by atoms with E-state index in [0.717, 1.165) is 6.07 Å². The van der Waals surface area contributed by atoms with Crippen LogP contribution in [0.5, 0.6) is 0 Å². The monoisotopic (exact) mass is 227 g/mol. The number of carboxylic acids is 1. The molecule has 0 aliphatic rings. The Kier molecular flexibility index (Phi) is 3.82. The first-order chi connectivity index (χ1) is 7.56. The zero-order valence-electron chi connectivity index (χ0n) is 8.49. The van der Waals surface area contributed by atoms with Crippen LogP contribution in [0.15, 0.2) is 18.2 Å². The van der Waals surface area contributed by atoms with Gasteiger partial charge >= 0.3 is 12.1 Å². The van der Waals surface area contributed by atoms with Crippen LogP contribution in [-0.2, 0) is 4.74 Å². The van der Waals surface area contributed by atoms with Gasteiger partial charge < -0.3 is 9.84 Å². The Morgan fingerprint density at radius 2 is 2.19 bits per heavy atom. The van der Waals surface area contributed by atoms with Crippen molar-refractivity contribution in [3.05, 3.63) is 29.6 Å². The fourth-order valence-electron chi connectivity index (χ4n) is 1.12. The maximum absolute atomic E-state index is 13.2. The third-order valence-electron chi connectivity index (χ3n) is 1.74. The standard InChI is InChI=1S/C10H10FNO4/c1-2-16-10(15)12-7-5-3-4-6(11)8(7)9(13)14/h3-5H,2H2,1H3,(H,12,15)(H,13,14). The van der Waals surface area contributed by atoms with Crippen molar-refractivity contribution in [1.29, 1.82) is 0 Å². The van der Waals surface area contributed by atoms with Crippen molar-refractivity contribution in [3.8, 4) is 0 Å². The van der Waals surface area contributed by atoms with E-state index in [9.17, 15) is 14.0 Å². The van der Waals surface area contributed by atoms with Crippen LogP contribution < -0.4 is 5.32 Å². The maximum atomic E-state index is 13.2. The van der Waals surface area contributed by atoms with Crippen LogP contribution in [0.1, 0.15) is 17.3 Å². The van der Waals surface area contributed by atoms with Crippen molar-refractivity contribution in [2.24, 2.45) is 0 Å². The lowest BCUT2D eigenvalue weighted by molar-refractivity contribution is 0.0693. The molecule has 0 aromatic heterocycles. The van der Waals surface area contributed by atoms with Crippen molar-refractivity contribution in [3.63, 3.8) is 0 Å². The Bertz CT molecular complexity index is 419. The molecule has 5 nitrogen and oxygen atoms in total. The van der Waals surface area contributed by atoms with E-state index in [-0.39, 0.29) is 12.3 Å². The number of nitrogens with one attached hydrogen (secondary N) is 1. The van der Waals surface area contributed by atoms with Crippen LogP contribution in [0, 0.1) is 5.82 Å². The van der Waals surface area contributed by atoms with Crippen LogP contribution in [-0.4, -0.2) is 23.8 Å². The lowest BCUT2D eigenvalue weighted by Crippen LogP contribution is -2.16. The van der Waals surface area contributed by atoms with E-state index in [0.29, 0.717) is 0 Å². The normalized spacial score (nSPS) is 9.62. The Labute approximate surface area is 90.8 Å². The number of carbonyl (C=O) groups excluding carboxylic acids is 1. The Morgan fingerprint density at radius 1 is 1.50 bits per heavy atom. The number of halogens is 1. The fraction of sp³-hybridized carbons (Fsp3) is 0.200. The molecule has 0 bridgehead atoms. The van der Waals surface area contributed by atoms with Crippen molar-refractivity contribution < 1.29 is 23.8 Å². The highest BCUT2D eigenvalue weighted by molar-refractivity contribution is 5.98. The predicted molar refractivity (Wildman–Crippen MR) is 54.0 cm³/mol. The van der Waals surface area contributed by atoms with E-state index in [1.807, 2.05) is 0 Å². The predicted octanol–water partition coefficient (Wildman–Crippen LogP) is 2.09. The third kappa shape index (κ3) is 2.69. The van der Waals surface area contributed by atoms with Crippen LogP contribution in [0.4, 0.5) is 14.9 Å². The molecule has 0 atom stereocenters. The number of carboxylic acid groups (broad SMARTS) is 1. The molecule has 6 heteroatoms. The average molecular weight is 227 g/mol. The second-order valence-electron chi connectivity index (χ2n) is 2.81. The molecule has 0 aliphatic heterocycles. The summed E-state index contributed by atoms with van der Waals surface area (Å²) in [6, 6.07) is 3.58. The molecule has 0 aliphatic carbocycles. The Hall–Kier alpha value is -2.11. The minimum Gasteiger partial charge on any atom is -0.478 e. The van der Waals surface area contributed by atoms with Crippen LogP contribution in [0.25, 0.3) is 0 Å². The number of carbonyl (C=O) groups is 2. The summed E-state index contributed by atoms with van der Waals surface area (Å²) in [6.45, 7) is 1.74. The fourth-order valence-corrected chi connectivity index (χ4v) is 1.12. The number of anilines is 1. The van der Waals surface area contributed by atoms with Gasteiger partial charge in [-0.15, -0.1) is 0 Å². The highest BCUT2D eigenvalue weighted by Crippen LogP contribution is 2.19. The molecular formula is C10H10FNO4. The molecule has 0 saturated carbocycles. The number of rotatable bonds is 3. The summed E-state index contributed by atoms with van der Waals surface area (Å²) < 4.78 is 17.7. The van der Waals surface area contributed by atoms with E-state index in [2.05, 4.69) is 10.1 Å². The van der Waals surface area contributed by atoms with E-state index >= 15 is 0 Å². The minimum atomic E-state index is -1.45. The van der Waals surface area contributed by atoms with Gasteiger partial charge in [0.25, 0.3) is 0 Å². The molecule has 0 spiro atoms. The number of amides is 1. The summed E-state index contributed by atoms with van der Waals surface area (Å²) >= 11 is 0. The quantitative estimate of drug-likeness (QED) is 0.828. The number of aromatic carboxylic acids is 1. The van der Waals surface area contributed by atoms with E-state index in [1.54, 1.807) is 6.92 Å². The lowest BCUT2D eigenvalue weighted by atomic mass is 10.1. The van der Waals surface area contributed by atoms with Gasteiger partial charge in [-0.1, -0.05) is 6.07 Å². The van der Waals surface area contributed by atoms with Crippen LogP contribution >= 0.6 is 0 Å². The smallest absolute Gasteiger partial charge is 0.411 e.